The Balaban J connectivity index is 1.26. The van der Waals surface area contributed by atoms with Gasteiger partial charge in [0.2, 0.25) is 0 Å². The Morgan fingerprint density at radius 2 is 1.80 bits per heavy atom. The number of halogens is 1. The Kier molecular flexibility index (Phi) is 6.06. The molecule has 180 valence electrons. The van der Waals surface area contributed by atoms with Gasteiger partial charge in [0, 0.05) is 38.5 Å². The zero-order valence-electron chi connectivity index (χ0n) is 19.8. The first-order valence-corrected chi connectivity index (χ1v) is 11.7. The molecule has 1 spiro atoms. The fraction of sp³-hybridized carbons (Fsp3) is 0.333. The van der Waals surface area contributed by atoms with Crippen LogP contribution in [-0.2, 0) is 28.8 Å². The van der Waals surface area contributed by atoms with E-state index in [1.54, 1.807) is 0 Å². The van der Waals surface area contributed by atoms with Crippen molar-refractivity contribution < 1.29 is 18.7 Å². The molecule has 0 aliphatic carbocycles. The smallest absolute Gasteiger partial charge is 0.252 e. The molecule has 1 amide bonds. The predicted octanol–water partition coefficient (Wildman–Crippen LogP) is 3.68. The molecule has 2 aromatic carbocycles. The number of carbonyl (C=O) groups is 2. The number of anilines is 2. The van der Waals surface area contributed by atoms with Gasteiger partial charge in [0.1, 0.15) is 22.9 Å². The van der Waals surface area contributed by atoms with Gasteiger partial charge < -0.3 is 15.0 Å². The quantitative estimate of drug-likeness (QED) is 0.549. The Labute approximate surface area is 203 Å². The molecule has 3 heterocycles. The van der Waals surface area contributed by atoms with Crippen LogP contribution in [0.25, 0.3) is 0 Å². The van der Waals surface area contributed by atoms with Crippen molar-refractivity contribution in [2.45, 2.75) is 38.1 Å². The highest BCUT2D eigenvalue weighted by atomic mass is 19.1. The highest BCUT2D eigenvalue weighted by molar-refractivity contribution is 6.06. The van der Waals surface area contributed by atoms with E-state index in [1.165, 1.54) is 24.3 Å². The first-order chi connectivity index (χ1) is 16.9. The lowest BCUT2D eigenvalue weighted by molar-refractivity contribution is -0.121. The fourth-order valence-corrected chi connectivity index (χ4v) is 4.70. The van der Waals surface area contributed by atoms with Crippen LogP contribution in [0.1, 0.15) is 39.4 Å². The second kappa shape index (κ2) is 9.19. The number of hydrogen-bond acceptors (Lipinski definition) is 6. The lowest BCUT2D eigenvalue weighted by atomic mass is 9.92. The number of likely N-dealkylation sites (N-methyl/N-ethyl adjacent to an activating group) is 1. The minimum atomic E-state index is -0.716. The highest BCUT2D eigenvalue weighted by Crippen LogP contribution is 2.39. The summed E-state index contributed by atoms with van der Waals surface area (Å²) in [5.74, 6) is 0.980. The van der Waals surface area contributed by atoms with Crippen LogP contribution in [-0.4, -0.2) is 47.5 Å². The van der Waals surface area contributed by atoms with Gasteiger partial charge in [-0.1, -0.05) is 24.3 Å². The third kappa shape index (κ3) is 4.41. The van der Waals surface area contributed by atoms with Crippen molar-refractivity contribution >= 4 is 23.2 Å². The van der Waals surface area contributed by atoms with E-state index in [-0.39, 0.29) is 23.9 Å². The molecule has 7 nitrogen and oxygen atoms in total. The van der Waals surface area contributed by atoms with E-state index in [0.717, 1.165) is 29.1 Å². The molecule has 35 heavy (non-hydrogen) atoms. The summed E-state index contributed by atoms with van der Waals surface area (Å²) in [5, 5.41) is 3.00. The fourth-order valence-electron chi connectivity index (χ4n) is 4.70. The van der Waals surface area contributed by atoms with Gasteiger partial charge in [-0.25, -0.2) is 14.4 Å². The van der Waals surface area contributed by atoms with Gasteiger partial charge in [0.05, 0.1) is 12.3 Å². The van der Waals surface area contributed by atoms with Crippen molar-refractivity contribution in [1.29, 1.82) is 0 Å². The standard InChI is InChI=1S/C27H27FN4O3/c1-17-24-25(32(2)27(26(34)31-24)13-14-35-16-27)30-23(29-17)12-7-18-3-5-19(6-4-18)15-22(33)20-8-10-21(28)11-9-20/h3-6,8-11H,7,12-16H2,1-2H3,(H,31,34). The molecule has 1 fully saturated rings. The first kappa shape index (κ1) is 23.1. The number of ketones is 1. The second-order valence-electron chi connectivity index (χ2n) is 9.19. The van der Waals surface area contributed by atoms with Crippen molar-refractivity contribution in [2.75, 3.05) is 30.5 Å². The zero-order chi connectivity index (χ0) is 24.6. The largest absolute Gasteiger partial charge is 0.378 e. The number of ether oxygens (including phenoxy) is 1. The SMILES string of the molecule is Cc1nc(CCc2ccc(CC(=O)c3ccc(F)cc3)cc2)nc2c1NC(=O)C1(CCOC1)N2C. The maximum atomic E-state index is 13.1. The average Bonchev–Trinajstić information content (AvgIpc) is 3.35. The van der Waals surface area contributed by atoms with Crippen LogP contribution in [0, 0.1) is 12.7 Å². The molecule has 2 aliphatic heterocycles. The summed E-state index contributed by atoms with van der Waals surface area (Å²) in [5.41, 5.74) is 3.21. The Hall–Kier alpha value is -3.65. The second-order valence-corrected chi connectivity index (χ2v) is 9.19. The summed E-state index contributed by atoms with van der Waals surface area (Å²) in [6.45, 7) is 2.78. The number of aromatic nitrogens is 2. The normalized spacial score (nSPS) is 19.1. The number of carbonyl (C=O) groups excluding carboxylic acids is 2. The number of amides is 1. The third-order valence-electron chi connectivity index (χ3n) is 6.93. The number of rotatable bonds is 6. The van der Waals surface area contributed by atoms with Crippen LogP contribution in [0.3, 0.4) is 0 Å². The maximum Gasteiger partial charge on any atom is 0.252 e. The molecule has 1 saturated heterocycles. The summed E-state index contributed by atoms with van der Waals surface area (Å²) < 4.78 is 18.6. The van der Waals surface area contributed by atoms with Crippen LogP contribution >= 0.6 is 0 Å². The van der Waals surface area contributed by atoms with E-state index in [2.05, 4.69) is 10.3 Å². The van der Waals surface area contributed by atoms with E-state index in [9.17, 15) is 14.0 Å². The number of benzene rings is 2. The van der Waals surface area contributed by atoms with Crippen molar-refractivity contribution in [3.63, 3.8) is 0 Å². The molecule has 1 unspecified atom stereocenters. The zero-order valence-corrected chi connectivity index (χ0v) is 19.8. The summed E-state index contributed by atoms with van der Waals surface area (Å²) in [4.78, 5) is 36.6. The van der Waals surface area contributed by atoms with E-state index in [0.29, 0.717) is 43.1 Å². The molecule has 2 aliphatic rings. The number of nitrogens with one attached hydrogen (secondary N) is 1. The van der Waals surface area contributed by atoms with Gasteiger partial charge in [-0.2, -0.15) is 0 Å². The van der Waals surface area contributed by atoms with E-state index in [4.69, 9.17) is 9.72 Å². The summed E-state index contributed by atoms with van der Waals surface area (Å²) >= 11 is 0. The Morgan fingerprint density at radius 3 is 2.49 bits per heavy atom. The number of hydrogen-bond donors (Lipinski definition) is 1. The lowest BCUT2D eigenvalue weighted by Crippen LogP contribution is -2.59. The molecule has 1 atom stereocenters. The summed E-state index contributed by atoms with van der Waals surface area (Å²) in [6, 6.07) is 13.5. The number of fused-ring (bicyclic) bond motifs is 1. The number of nitrogens with zero attached hydrogens (tertiary/aromatic N) is 3. The van der Waals surface area contributed by atoms with Gasteiger partial charge in [0.15, 0.2) is 11.6 Å². The van der Waals surface area contributed by atoms with Crippen molar-refractivity contribution in [1.82, 2.24) is 9.97 Å². The number of Topliss-reactive ketones (excluding diaryl/α,β-unsaturated/α-hetero) is 1. The summed E-state index contributed by atoms with van der Waals surface area (Å²) in [6.07, 6.45) is 2.29. The van der Waals surface area contributed by atoms with Gasteiger partial charge in [0.25, 0.3) is 5.91 Å². The number of aryl methyl sites for hydroxylation is 3. The molecule has 0 bridgehead atoms. The Bertz CT molecular complexity index is 1270. The van der Waals surface area contributed by atoms with Crippen molar-refractivity contribution in [2.24, 2.45) is 0 Å². The average molecular weight is 475 g/mol. The topological polar surface area (TPSA) is 84.4 Å². The molecule has 1 aromatic heterocycles. The van der Waals surface area contributed by atoms with Crippen LogP contribution in [0.15, 0.2) is 48.5 Å². The summed E-state index contributed by atoms with van der Waals surface area (Å²) in [7, 11) is 1.90. The first-order valence-electron chi connectivity index (χ1n) is 11.7. The van der Waals surface area contributed by atoms with Crippen LogP contribution < -0.4 is 10.2 Å². The van der Waals surface area contributed by atoms with Crippen LogP contribution in [0.4, 0.5) is 15.9 Å². The Morgan fingerprint density at radius 1 is 1.09 bits per heavy atom. The molecule has 0 radical (unpaired) electrons. The van der Waals surface area contributed by atoms with Crippen molar-refractivity contribution in [3.05, 3.63) is 82.6 Å². The molecular formula is C27H27FN4O3. The highest BCUT2D eigenvalue weighted by Gasteiger charge is 2.50. The molecule has 1 N–H and O–H groups in total. The minimum Gasteiger partial charge on any atom is -0.378 e. The van der Waals surface area contributed by atoms with E-state index < -0.39 is 5.54 Å². The van der Waals surface area contributed by atoms with Gasteiger partial charge >= 0.3 is 0 Å². The molecule has 8 heteroatoms. The third-order valence-corrected chi connectivity index (χ3v) is 6.93. The predicted molar refractivity (Wildman–Crippen MR) is 130 cm³/mol. The van der Waals surface area contributed by atoms with E-state index >= 15 is 0 Å². The van der Waals surface area contributed by atoms with Crippen LogP contribution in [0.5, 0.6) is 0 Å². The molecule has 5 rings (SSSR count). The van der Waals surface area contributed by atoms with Gasteiger partial charge in [-0.05, 0) is 48.7 Å². The monoisotopic (exact) mass is 474 g/mol. The maximum absolute atomic E-state index is 13.1. The lowest BCUT2D eigenvalue weighted by Gasteiger charge is -2.41. The van der Waals surface area contributed by atoms with Crippen molar-refractivity contribution in [3.8, 4) is 0 Å². The minimum absolute atomic E-state index is 0.0441. The molecule has 3 aromatic rings. The van der Waals surface area contributed by atoms with Gasteiger partial charge in [-0.15, -0.1) is 0 Å². The van der Waals surface area contributed by atoms with E-state index in [1.807, 2.05) is 43.1 Å². The van der Waals surface area contributed by atoms with Gasteiger partial charge in [-0.3, -0.25) is 9.59 Å². The van der Waals surface area contributed by atoms with Crippen LogP contribution in [0.2, 0.25) is 0 Å². The molecular weight excluding hydrogens is 447 g/mol. The molecule has 0 saturated carbocycles.